The van der Waals surface area contributed by atoms with E-state index in [9.17, 15) is 9.59 Å². The standard InChI is InChI=1S/C28H30BNO4/c1-4-7-9-17(5-2)16-34-22-11-8-10-18-12-15-21(30-25(18)22)24-26(31)19-13-14-20(29)28(33-6-3)23(19)27(24)32/h8,10-15,17,24H,4-7,9,16H2,1-3H3. The van der Waals surface area contributed by atoms with E-state index in [2.05, 4.69) is 13.8 Å². The molecule has 6 heteroatoms. The van der Waals surface area contributed by atoms with Gasteiger partial charge in [-0.05, 0) is 31.4 Å². The van der Waals surface area contributed by atoms with Gasteiger partial charge in [0.15, 0.2) is 11.6 Å². The lowest BCUT2D eigenvalue weighted by Gasteiger charge is -2.17. The Balaban J connectivity index is 1.68. The molecule has 0 amide bonds. The maximum absolute atomic E-state index is 13.4. The highest BCUT2D eigenvalue weighted by Gasteiger charge is 2.43. The molecule has 0 spiro atoms. The first-order valence-corrected chi connectivity index (χ1v) is 12.2. The number of para-hydroxylation sites is 1. The molecule has 2 unspecified atom stereocenters. The molecule has 1 aromatic heterocycles. The van der Waals surface area contributed by atoms with Crippen LogP contribution in [0.15, 0.2) is 42.5 Å². The van der Waals surface area contributed by atoms with E-state index < -0.39 is 5.92 Å². The predicted octanol–water partition coefficient (Wildman–Crippen LogP) is 5.19. The van der Waals surface area contributed by atoms with Crippen LogP contribution in [-0.2, 0) is 0 Å². The van der Waals surface area contributed by atoms with Gasteiger partial charge in [0.2, 0.25) is 0 Å². The highest BCUT2D eigenvalue weighted by molar-refractivity contribution is 6.38. The summed E-state index contributed by atoms with van der Waals surface area (Å²) in [5.74, 6) is -0.189. The third-order valence-electron chi connectivity index (χ3n) is 6.53. The minimum atomic E-state index is -1.01. The Morgan fingerprint density at radius 1 is 1.00 bits per heavy atom. The number of aromatic nitrogens is 1. The zero-order chi connectivity index (χ0) is 24.2. The van der Waals surface area contributed by atoms with Crippen molar-refractivity contribution < 1.29 is 19.1 Å². The van der Waals surface area contributed by atoms with E-state index in [0.717, 1.165) is 24.6 Å². The number of pyridine rings is 1. The Hall–Kier alpha value is -3.15. The van der Waals surface area contributed by atoms with Gasteiger partial charge in [-0.2, -0.15) is 0 Å². The van der Waals surface area contributed by atoms with Crippen LogP contribution in [-0.4, -0.2) is 37.6 Å². The smallest absolute Gasteiger partial charge is 0.184 e. The lowest BCUT2D eigenvalue weighted by atomic mass is 9.90. The molecule has 2 atom stereocenters. The summed E-state index contributed by atoms with van der Waals surface area (Å²) in [6.45, 7) is 7.15. The molecule has 0 N–H and O–H groups in total. The summed E-state index contributed by atoms with van der Waals surface area (Å²) in [4.78, 5) is 31.4. The summed E-state index contributed by atoms with van der Waals surface area (Å²) >= 11 is 0. The first kappa shape index (κ1) is 24.0. The van der Waals surface area contributed by atoms with Crippen LogP contribution < -0.4 is 14.9 Å². The van der Waals surface area contributed by atoms with E-state index in [4.69, 9.17) is 22.3 Å². The van der Waals surface area contributed by atoms with Crippen LogP contribution in [0.3, 0.4) is 0 Å². The quantitative estimate of drug-likeness (QED) is 0.311. The normalized spacial score (nSPS) is 16.0. The summed E-state index contributed by atoms with van der Waals surface area (Å²) in [6, 6.07) is 12.6. The van der Waals surface area contributed by atoms with Crippen LogP contribution in [0.2, 0.25) is 0 Å². The summed E-state index contributed by atoms with van der Waals surface area (Å²) in [5.41, 5.74) is 2.00. The fourth-order valence-corrected chi connectivity index (χ4v) is 4.55. The molecule has 2 radical (unpaired) electrons. The number of hydrogen-bond donors (Lipinski definition) is 0. The summed E-state index contributed by atoms with van der Waals surface area (Å²) in [5, 5.41) is 0.900. The Kier molecular flexibility index (Phi) is 7.35. The van der Waals surface area contributed by atoms with Crippen LogP contribution in [0.25, 0.3) is 10.9 Å². The molecule has 34 heavy (non-hydrogen) atoms. The van der Waals surface area contributed by atoms with E-state index in [1.165, 1.54) is 6.42 Å². The van der Waals surface area contributed by atoms with Crippen molar-refractivity contribution in [2.24, 2.45) is 5.92 Å². The molecule has 1 aliphatic carbocycles. The Bertz CT molecular complexity index is 1220. The largest absolute Gasteiger partial charge is 0.494 e. The number of carbonyl (C=O) groups is 2. The average Bonchev–Trinajstić information content (AvgIpc) is 3.10. The second kappa shape index (κ2) is 10.4. The molecular weight excluding hydrogens is 425 g/mol. The maximum Gasteiger partial charge on any atom is 0.184 e. The SMILES string of the molecule is [B]c1ccc2c(c1OCC)C(=O)C(c1ccc3cccc(OCC(CC)CCCC)c3n1)C2=O. The van der Waals surface area contributed by atoms with E-state index in [-0.39, 0.29) is 22.9 Å². The molecule has 1 heterocycles. The Morgan fingerprint density at radius 3 is 2.56 bits per heavy atom. The van der Waals surface area contributed by atoms with Crippen molar-refractivity contribution in [1.29, 1.82) is 0 Å². The number of unbranched alkanes of at least 4 members (excludes halogenated alkanes) is 1. The Labute approximate surface area is 202 Å². The molecule has 0 fully saturated rings. The molecule has 2 aromatic carbocycles. The monoisotopic (exact) mass is 455 g/mol. The minimum absolute atomic E-state index is 0.255. The van der Waals surface area contributed by atoms with Gasteiger partial charge in [0, 0.05) is 10.9 Å². The molecule has 0 saturated heterocycles. The number of ether oxygens (including phenoxy) is 2. The zero-order valence-electron chi connectivity index (χ0n) is 20.1. The zero-order valence-corrected chi connectivity index (χ0v) is 20.1. The molecule has 3 aromatic rings. The molecule has 0 aliphatic heterocycles. The maximum atomic E-state index is 13.4. The van der Waals surface area contributed by atoms with Gasteiger partial charge in [-0.3, -0.25) is 9.59 Å². The Morgan fingerprint density at radius 2 is 1.82 bits per heavy atom. The second-order valence-electron chi connectivity index (χ2n) is 8.79. The van der Waals surface area contributed by atoms with Crippen molar-refractivity contribution in [1.82, 2.24) is 4.98 Å². The molecule has 4 rings (SSSR count). The van der Waals surface area contributed by atoms with Crippen molar-refractivity contribution >= 4 is 35.8 Å². The van der Waals surface area contributed by atoms with Gasteiger partial charge in [0.1, 0.15) is 30.8 Å². The molecule has 1 aliphatic rings. The molecule has 174 valence electrons. The average molecular weight is 455 g/mol. The number of hydrogen-bond acceptors (Lipinski definition) is 5. The van der Waals surface area contributed by atoms with Crippen molar-refractivity contribution in [2.45, 2.75) is 52.4 Å². The first-order chi connectivity index (χ1) is 16.5. The highest BCUT2D eigenvalue weighted by atomic mass is 16.5. The number of benzene rings is 2. The van der Waals surface area contributed by atoms with Crippen LogP contribution >= 0.6 is 0 Å². The molecule has 0 saturated carbocycles. The number of carbonyl (C=O) groups excluding carboxylic acids is 2. The van der Waals surface area contributed by atoms with E-state index in [1.54, 1.807) is 18.2 Å². The fraction of sp³-hybridized carbons (Fsp3) is 0.393. The van der Waals surface area contributed by atoms with Crippen molar-refractivity contribution in [3.63, 3.8) is 0 Å². The van der Waals surface area contributed by atoms with Crippen molar-refractivity contribution in [3.05, 3.63) is 59.3 Å². The lowest BCUT2D eigenvalue weighted by molar-refractivity contribution is 0.0887. The van der Waals surface area contributed by atoms with Crippen LogP contribution in [0.1, 0.15) is 78.8 Å². The summed E-state index contributed by atoms with van der Waals surface area (Å²) in [6.07, 6.45) is 4.53. The van der Waals surface area contributed by atoms with E-state index >= 15 is 0 Å². The van der Waals surface area contributed by atoms with Crippen LogP contribution in [0.5, 0.6) is 11.5 Å². The van der Waals surface area contributed by atoms with Gasteiger partial charge >= 0.3 is 0 Å². The minimum Gasteiger partial charge on any atom is -0.494 e. The van der Waals surface area contributed by atoms with Crippen molar-refractivity contribution in [2.75, 3.05) is 13.2 Å². The number of rotatable bonds is 10. The molecule has 5 nitrogen and oxygen atoms in total. The van der Waals surface area contributed by atoms with Crippen molar-refractivity contribution in [3.8, 4) is 11.5 Å². The predicted molar refractivity (Wildman–Crippen MR) is 135 cm³/mol. The van der Waals surface area contributed by atoms with E-state index in [0.29, 0.717) is 47.1 Å². The van der Waals surface area contributed by atoms with Crippen LogP contribution in [0.4, 0.5) is 0 Å². The number of fused-ring (bicyclic) bond motifs is 2. The fourth-order valence-electron chi connectivity index (χ4n) is 4.55. The number of Topliss-reactive ketones (excluding diaryl/α,β-unsaturated/α-hetero) is 2. The van der Waals surface area contributed by atoms with Gasteiger partial charge < -0.3 is 9.47 Å². The topological polar surface area (TPSA) is 65.5 Å². The number of nitrogens with zero attached hydrogens (tertiary/aromatic N) is 1. The number of ketones is 2. The molecule has 0 bridgehead atoms. The van der Waals surface area contributed by atoms with Gasteiger partial charge in [-0.25, -0.2) is 4.98 Å². The van der Waals surface area contributed by atoms with Gasteiger partial charge in [0.25, 0.3) is 0 Å². The first-order valence-electron chi connectivity index (χ1n) is 12.2. The second-order valence-corrected chi connectivity index (χ2v) is 8.79. The van der Waals surface area contributed by atoms with E-state index in [1.807, 2.05) is 31.2 Å². The summed E-state index contributed by atoms with van der Waals surface area (Å²) < 4.78 is 11.8. The van der Waals surface area contributed by atoms with Gasteiger partial charge in [-0.15, -0.1) is 0 Å². The molecular formula is C28H30BNO4. The van der Waals surface area contributed by atoms with Crippen LogP contribution in [0, 0.1) is 5.92 Å². The van der Waals surface area contributed by atoms with Gasteiger partial charge in [0.05, 0.1) is 24.5 Å². The highest BCUT2D eigenvalue weighted by Crippen LogP contribution is 2.38. The third kappa shape index (κ3) is 4.46. The lowest BCUT2D eigenvalue weighted by Crippen LogP contribution is -2.16. The summed E-state index contributed by atoms with van der Waals surface area (Å²) in [7, 11) is 6.04. The van der Waals surface area contributed by atoms with Gasteiger partial charge in [-0.1, -0.05) is 68.9 Å². The third-order valence-corrected chi connectivity index (χ3v) is 6.53.